The van der Waals surface area contributed by atoms with Gasteiger partial charge in [0.2, 0.25) is 0 Å². The van der Waals surface area contributed by atoms with Crippen molar-refractivity contribution < 1.29 is 0 Å². The molecule has 4 heteroatoms. The Balaban J connectivity index is 2.24. The molecule has 20 heavy (non-hydrogen) atoms. The highest BCUT2D eigenvalue weighted by molar-refractivity contribution is 6.31. The van der Waals surface area contributed by atoms with E-state index in [0.29, 0.717) is 5.92 Å². The molecule has 2 aromatic rings. The second-order valence-electron chi connectivity index (χ2n) is 5.53. The van der Waals surface area contributed by atoms with Crippen LogP contribution in [-0.2, 0) is 13.0 Å². The predicted octanol–water partition coefficient (Wildman–Crippen LogP) is 4.02. The van der Waals surface area contributed by atoms with Crippen molar-refractivity contribution in [2.45, 2.75) is 46.1 Å². The molecule has 0 amide bonds. The van der Waals surface area contributed by atoms with E-state index in [-0.39, 0.29) is 0 Å². The van der Waals surface area contributed by atoms with Crippen LogP contribution in [0, 0.1) is 5.92 Å². The normalized spacial score (nSPS) is 13.0. The maximum absolute atomic E-state index is 6.06. The molecule has 0 saturated heterocycles. The van der Waals surface area contributed by atoms with Crippen LogP contribution < -0.4 is 5.73 Å². The van der Waals surface area contributed by atoms with E-state index in [1.54, 1.807) is 0 Å². The Labute approximate surface area is 126 Å². The number of aryl methyl sites for hydroxylation is 2. The summed E-state index contributed by atoms with van der Waals surface area (Å²) in [7, 11) is 0. The van der Waals surface area contributed by atoms with Crippen LogP contribution in [0.25, 0.3) is 11.0 Å². The van der Waals surface area contributed by atoms with Crippen LogP contribution in [-0.4, -0.2) is 16.1 Å². The number of nitrogens with two attached hydrogens (primary N) is 1. The van der Waals surface area contributed by atoms with Gasteiger partial charge in [-0.3, -0.25) is 0 Å². The number of rotatable bonds is 7. The highest BCUT2D eigenvalue weighted by Gasteiger charge is 2.11. The van der Waals surface area contributed by atoms with Crippen molar-refractivity contribution in [1.82, 2.24) is 9.55 Å². The number of imidazole rings is 1. The van der Waals surface area contributed by atoms with Crippen molar-refractivity contribution in [3.63, 3.8) is 0 Å². The van der Waals surface area contributed by atoms with Gasteiger partial charge in [-0.25, -0.2) is 4.98 Å². The van der Waals surface area contributed by atoms with Gasteiger partial charge < -0.3 is 10.3 Å². The molecule has 0 aliphatic heterocycles. The summed E-state index contributed by atoms with van der Waals surface area (Å²) in [5.41, 5.74) is 7.82. The summed E-state index contributed by atoms with van der Waals surface area (Å²) in [5.74, 6) is 1.83. The van der Waals surface area contributed by atoms with Crippen LogP contribution in [0.3, 0.4) is 0 Å². The Hall–Kier alpha value is -1.06. The first kappa shape index (κ1) is 15.3. The van der Waals surface area contributed by atoms with Gasteiger partial charge in [-0.2, -0.15) is 0 Å². The summed E-state index contributed by atoms with van der Waals surface area (Å²) in [6, 6.07) is 5.97. The average molecular weight is 294 g/mol. The Morgan fingerprint density at radius 3 is 2.85 bits per heavy atom. The van der Waals surface area contributed by atoms with Gasteiger partial charge in [0.25, 0.3) is 0 Å². The monoisotopic (exact) mass is 293 g/mol. The van der Waals surface area contributed by atoms with Crippen LogP contribution in [0.1, 0.15) is 38.9 Å². The molecular weight excluding hydrogens is 270 g/mol. The number of fused-ring (bicyclic) bond motifs is 1. The minimum absolute atomic E-state index is 0.651. The third kappa shape index (κ3) is 3.53. The second kappa shape index (κ2) is 7.09. The first-order valence-electron chi connectivity index (χ1n) is 7.50. The lowest BCUT2D eigenvalue weighted by Crippen LogP contribution is -2.09. The predicted molar refractivity (Wildman–Crippen MR) is 86.2 cm³/mol. The van der Waals surface area contributed by atoms with Crippen LogP contribution in [0.5, 0.6) is 0 Å². The molecule has 1 aromatic carbocycles. The number of halogens is 1. The quantitative estimate of drug-likeness (QED) is 0.838. The lowest BCUT2D eigenvalue weighted by molar-refractivity contribution is 0.486. The Kier molecular flexibility index (Phi) is 5.44. The van der Waals surface area contributed by atoms with Gasteiger partial charge in [0.05, 0.1) is 11.0 Å². The summed E-state index contributed by atoms with van der Waals surface area (Å²) < 4.78 is 2.33. The Morgan fingerprint density at radius 1 is 1.35 bits per heavy atom. The molecule has 3 nitrogen and oxygen atoms in total. The lowest BCUT2D eigenvalue weighted by Gasteiger charge is -2.11. The standard InChI is InChI=1S/C16H24ClN3/c1-3-10-20-15-6-5-13(17)11-14(15)19-16(20)7-4-12(2)8-9-18/h5-6,11-12H,3-4,7-10,18H2,1-2H3. The second-order valence-corrected chi connectivity index (χ2v) is 5.97. The fourth-order valence-electron chi connectivity index (χ4n) is 2.62. The molecule has 2 rings (SSSR count). The summed E-state index contributed by atoms with van der Waals surface area (Å²) in [5, 5.41) is 0.752. The number of benzene rings is 1. The summed E-state index contributed by atoms with van der Waals surface area (Å²) in [6.07, 6.45) is 4.34. The lowest BCUT2D eigenvalue weighted by atomic mass is 10.0. The van der Waals surface area contributed by atoms with Crippen molar-refractivity contribution in [3.8, 4) is 0 Å². The topological polar surface area (TPSA) is 43.8 Å². The number of hydrogen-bond donors (Lipinski definition) is 1. The molecule has 110 valence electrons. The molecule has 0 radical (unpaired) electrons. The zero-order valence-corrected chi connectivity index (χ0v) is 13.2. The van der Waals surface area contributed by atoms with Crippen molar-refractivity contribution >= 4 is 22.6 Å². The van der Waals surface area contributed by atoms with Crippen LogP contribution in [0.2, 0.25) is 5.02 Å². The van der Waals surface area contributed by atoms with Crippen molar-refractivity contribution in [3.05, 3.63) is 29.0 Å². The molecule has 0 aliphatic carbocycles. The maximum atomic E-state index is 6.06. The zero-order valence-electron chi connectivity index (χ0n) is 12.4. The van der Waals surface area contributed by atoms with E-state index in [0.717, 1.165) is 49.3 Å². The molecule has 1 heterocycles. The van der Waals surface area contributed by atoms with E-state index in [9.17, 15) is 0 Å². The highest BCUT2D eigenvalue weighted by atomic mass is 35.5. The van der Waals surface area contributed by atoms with E-state index in [1.165, 1.54) is 11.3 Å². The zero-order chi connectivity index (χ0) is 14.5. The summed E-state index contributed by atoms with van der Waals surface area (Å²) >= 11 is 6.06. The van der Waals surface area contributed by atoms with E-state index >= 15 is 0 Å². The number of aromatic nitrogens is 2. The third-order valence-electron chi connectivity index (χ3n) is 3.76. The molecule has 1 atom stereocenters. The Bertz CT molecular complexity index is 562. The highest BCUT2D eigenvalue weighted by Crippen LogP contribution is 2.22. The molecule has 0 spiro atoms. The molecule has 0 saturated carbocycles. The third-order valence-corrected chi connectivity index (χ3v) is 3.99. The summed E-state index contributed by atoms with van der Waals surface area (Å²) in [6.45, 7) is 6.24. The first-order valence-corrected chi connectivity index (χ1v) is 7.88. The van der Waals surface area contributed by atoms with Gasteiger partial charge in [0.15, 0.2) is 0 Å². The molecular formula is C16H24ClN3. The average Bonchev–Trinajstić information content (AvgIpc) is 2.74. The molecule has 1 aromatic heterocycles. The van der Waals surface area contributed by atoms with Gasteiger partial charge in [0, 0.05) is 18.0 Å². The smallest absolute Gasteiger partial charge is 0.109 e. The minimum atomic E-state index is 0.651. The van der Waals surface area contributed by atoms with Gasteiger partial charge in [-0.15, -0.1) is 0 Å². The van der Waals surface area contributed by atoms with E-state index in [2.05, 4.69) is 24.5 Å². The Morgan fingerprint density at radius 2 is 2.15 bits per heavy atom. The van der Waals surface area contributed by atoms with Crippen molar-refractivity contribution in [1.29, 1.82) is 0 Å². The molecule has 0 bridgehead atoms. The molecule has 0 fully saturated rings. The number of hydrogen-bond acceptors (Lipinski definition) is 2. The fourth-order valence-corrected chi connectivity index (χ4v) is 2.79. The van der Waals surface area contributed by atoms with Gasteiger partial charge in [0.1, 0.15) is 5.82 Å². The van der Waals surface area contributed by atoms with Crippen molar-refractivity contribution in [2.75, 3.05) is 6.54 Å². The molecule has 0 aliphatic rings. The van der Waals surface area contributed by atoms with Crippen LogP contribution in [0.15, 0.2) is 18.2 Å². The van der Waals surface area contributed by atoms with Gasteiger partial charge in [-0.1, -0.05) is 25.4 Å². The maximum Gasteiger partial charge on any atom is 0.109 e. The molecule has 1 unspecified atom stereocenters. The molecule has 2 N–H and O–H groups in total. The largest absolute Gasteiger partial charge is 0.330 e. The van der Waals surface area contributed by atoms with Crippen molar-refractivity contribution in [2.24, 2.45) is 11.7 Å². The fraction of sp³-hybridized carbons (Fsp3) is 0.562. The van der Waals surface area contributed by atoms with E-state index < -0.39 is 0 Å². The van der Waals surface area contributed by atoms with Crippen LogP contribution in [0.4, 0.5) is 0 Å². The SMILES string of the molecule is CCCn1c(CCC(C)CCN)nc2cc(Cl)ccc21. The van der Waals surface area contributed by atoms with E-state index in [4.69, 9.17) is 22.3 Å². The van der Waals surface area contributed by atoms with E-state index in [1.807, 2.05) is 12.1 Å². The minimum Gasteiger partial charge on any atom is -0.330 e. The van der Waals surface area contributed by atoms with Gasteiger partial charge in [-0.05, 0) is 49.9 Å². The van der Waals surface area contributed by atoms with Gasteiger partial charge >= 0.3 is 0 Å². The first-order chi connectivity index (χ1) is 9.65. The number of nitrogens with zero attached hydrogens (tertiary/aromatic N) is 2. The summed E-state index contributed by atoms with van der Waals surface area (Å²) in [4.78, 5) is 4.77. The van der Waals surface area contributed by atoms with Crippen LogP contribution >= 0.6 is 11.6 Å².